The van der Waals surface area contributed by atoms with Crippen molar-refractivity contribution < 1.29 is 8.42 Å². The zero-order valence-electron chi connectivity index (χ0n) is 10.4. The first kappa shape index (κ1) is 13.9. The molecule has 0 amide bonds. The van der Waals surface area contributed by atoms with Crippen LogP contribution in [0.1, 0.15) is 19.8 Å². The van der Waals surface area contributed by atoms with Crippen molar-refractivity contribution in [3.8, 4) is 0 Å². The van der Waals surface area contributed by atoms with E-state index in [4.69, 9.17) is 0 Å². The number of nitrogens with zero attached hydrogens (tertiary/aromatic N) is 1. The third-order valence-electron chi connectivity index (χ3n) is 3.19. The molecule has 16 heavy (non-hydrogen) atoms. The topological polar surface area (TPSA) is 49.4 Å². The lowest BCUT2D eigenvalue weighted by Crippen LogP contribution is -2.38. The fourth-order valence-corrected chi connectivity index (χ4v) is 2.93. The maximum absolute atomic E-state index is 11.4. The highest BCUT2D eigenvalue weighted by Crippen LogP contribution is 2.10. The molecule has 1 N–H and O–H groups in total. The molecule has 0 aromatic heterocycles. The number of hydrogen-bond donors (Lipinski definition) is 1. The second-order valence-corrected chi connectivity index (χ2v) is 7.18. The van der Waals surface area contributed by atoms with Gasteiger partial charge < -0.3 is 10.2 Å². The Balaban J connectivity index is 2.22. The zero-order chi connectivity index (χ0) is 12.0. The van der Waals surface area contributed by atoms with Gasteiger partial charge in [0.25, 0.3) is 0 Å². The van der Waals surface area contributed by atoms with E-state index in [1.807, 2.05) is 7.05 Å². The van der Waals surface area contributed by atoms with Gasteiger partial charge in [-0.25, -0.2) is 8.42 Å². The van der Waals surface area contributed by atoms with Gasteiger partial charge in [0.2, 0.25) is 0 Å². The molecular formula is C11H24N2O2S. The lowest BCUT2D eigenvalue weighted by Gasteiger charge is -2.27. The Morgan fingerprint density at radius 2 is 2.19 bits per heavy atom. The normalized spacial score (nSPS) is 22.6. The van der Waals surface area contributed by atoms with Crippen LogP contribution >= 0.6 is 0 Å². The minimum atomic E-state index is -2.81. The summed E-state index contributed by atoms with van der Waals surface area (Å²) in [5.74, 6) is 1.23. The van der Waals surface area contributed by atoms with Crippen LogP contribution in [0.25, 0.3) is 0 Å². The average molecular weight is 248 g/mol. The van der Waals surface area contributed by atoms with Gasteiger partial charge in [-0.15, -0.1) is 0 Å². The van der Waals surface area contributed by atoms with Crippen LogP contribution in [0, 0.1) is 5.92 Å². The highest BCUT2D eigenvalue weighted by molar-refractivity contribution is 7.91. The molecule has 0 aromatic carbocycles. The fraction of sp³-hybridized carbons (Fsp3) is 1.00. The summed E-state index contributed by atoms with van der Waals surface area (Å²) < 4.78 is 22.7. The predicted molar refractivity (Wildman–Crippen MR) is 67.4 cm³/mol. The molecule has 4 nitrogen and oxygen atoms in total. The van der Waals surface area contributed by atoms with Gasteiger partial charge in [0.1, 0.15) is 0 Å². The highest BCUT2D eigenvalue weighted by Gasteiger charge is 2.16. The van der Waals surface area contributed by atoms with Crippen LogP contribution in [-0.2, 0) is 9.84 Å². The molecule has 1 saturated heterocycles. The van der Waals surface area contributed by atoms with E-state index in [2.05, 4.69) is 10.2 Å². The van der Waals surface area contributed by atoms with Crippen LogP contribution in [0.5, 0.6) is 0 Å². The largest absolute Gasteiger partial charge is 0.316 e. The van der Waals surface area contributed by atoms with Gasteiger partial charge in [-0.3, -0.25) is 0 Å². The van der Waals surface area contributed by atoms with E-state index in [9.17, 15) is 8.42 Å². The molecule has 1 atom stereocenters. The molecule has 0 bridgehead atoms. The first-order chi connectivity index (χ1) is 7.53. The van der Waals surface area contributed by atoms with E-state index in [-0.39, 0.29) is 5.75 Å². The zero-order valence-corrected chi connectivity index (χ0v) is 11.2. The first-order valence-corrected chi connectivity index (χ1v) is 7.95. The van der Waals surface area contributed by atoms with Gasteiger partial charge in [0, 0.05) is 18.8 Å². The quantitative estimate of drug-likeness (QED) is 0.737. The Morgan fingerprint density at radius 1 is 1.44 bits per heavy atom. The van der Waals surface area contributed by atoms with Crippen LogP contribution in [0.3, 0.4) is 0 Å². The molecule has 5 heteroatoms. The van der Waals surface area contributed by atoms with Gasteiger partial charge >= 0.3 is 0 Å². The van der Waals surface area contributed by atoms with Crippen molar-refractivity contribution in [1.29, 1.82) is 0 Å². The van der Waals surface area contributed by atoms with Crippen LogP contribution < -0.4 is 5.32 Å². The molecule has 0 aliphatic carbocycles. The van der Waals surface area contributed by atoms with Crippen molar-refractivity contribution >= 4 is 9.84 Å². The standard InChI is InChI=1S/C11H24N2O2S/c1-3-16(14,15)8-7-13(2)10-11-5-4-6-12-9-11/h11-12H,3-10H2,1-2H3. The summed E-state index contributed by atoms with van der Waals surface area (Å²) >= 11 is 0. The summed E-state index contributed by atoms with van der Waals surface area (Å²) in [5.41, 5.74) is 0. The Morgan fingerprint density at radius 3 is 2.75 bits per heavy atom. The number of rotatable bonds is 6. The third-order valence-corrected chi connectivity index (χ3v) is 4.88. The molecule has 1 rings (SSSR count). The van der Waals surface area contributed by atoms with Crippen molar-refractivity contribution in [2.75, 3.05) is 44.7 Å². The van der Waals surface area contributed by atoms with Crippen LogP contribution in [0.4, 0.5) is 0 Å². The van der Waals surface area contributed by atoms with E-state index in [1.165, 1.54) is 12.8 Å². The molecule has 1 unspecified atom stereocenters. The Labute approximate surface area is 99.3 Å². The van der Waals surface area contributed by atoms with E-state index in [0.29, 0.717) is 18.2 Å². The summed E-state index contributed by atoms with van der Waals surface area (Å²) in [4.78, 5) is 2.14. The molecule has 96 valence electrons. The van der Waals surface area contributed by atoms with Crippen LogP contribution in [0.15, 0.2) is 0 Å². The monoisotopic (exact) mass is 248 g/mol. The molecule has 1 heterocycles. The lowest BCUT2D eigenvalue weighted by molar-refractivity contribution is 0.252. The number of hydrogen-bond acceptors (Lipinski definition) is 4. The molecule has 1 aliphatic rings. The van der Waals surface area contributed by atoms with Crippen molar-refractivity contribution in [2.45, 2.75) is 19.8 Å². The van der Waals surface area contributed by atoms with E-state index in [0.717, 1.165) is 19.6 Å². The summed E-state index contributed by atoms with van der Waals surface area (Å²) in [7, 11) is -0.799. The molecule has 1 aliphatic heterocycles. The molecular weight excluding hydrogens is 224 g/mol. The van der Waals surface area contributed by atoms with Crippen molar-refractivity contribution in [2.24, 2.45) is 5.92 Å². The minimum Gasteiger partial charge on any atom is -0.316 e. The summed E-state index contributed by atoms with van der Waals surface area (Å²) in [5, 5.41) is 3.38. The van der Waals surface area contributed by atoms with Gasteiger partial charge in [-0.1, -0.05) is 6.92 Å². The minimum absolute atomic E-state index is 0.256. The van der Waals surface area contributed by atoms with Gasteiger partial charge in [-0.2, -0.15) is 0 Å². The Bertz CT molecular complexity index is 284. The maximum atomic E-state index is 11.4. The fourth-order valence-electron chi connectivity index (χ4n) is 2.05. The molecule has 0 radical (unpaired) electrons. The maximum Gasteiger partial charge on any atom is 0.151 e. The molecule has 1 fully saturated rings. The van der Waals surface area contributed by atoms with E-state index < -0.39 is 9.84 Å². The second-order valence-electron chi connectivity index (χ2n) is 4.71. The summed E-state index contributed by atoms with van der Waals surface area (Å²) in [6, 6.07) is 0. The first-order valence-electron chi connectivity index (χ1n) is 6.13. The Hall–Kier alpha value is -0.130. The number of piperidine rings is 1. The molecule has 0 aromatic rings. The second kappa shape index (κ2) is 6.57. The van der Waals surface area contributed by atoms with Crippen molar-refractivity contribution in [1.82, 2.24) is 10.2 Å². The number of nitrogens with one attached hydrogen (secondary N) is 1. The number of sulfone groups is 1. The molecule has 0 saturated carbocycles. The lowest BCUT2D eigenvalue weighted by atomic mass is 9.99. The van der Waals surface area contributed by atoms with Gasteiger partial charge in [-0.05, 0) is 38.9 Å². The average Bonchev–Trinajstić information content (AvgIpc) is 2.28. The Kier molecular flexibility index (Phi) is 5.72. The van der Waals surface area contributed by atoms with E-state index in [1.54, 1.807) is 6.92 Å². The van der Waals surface area contributed by atoms with Crippen LogP contribution in [-0.4, -0.2) is 58.1 Å². The SMILES string of the molecule is CCS(=O)(=O)CCN(C)CC1CCCNC1. The third kappa shape index (κ3) is 5.27. The van der Waals surface area contributed by atoms with E-state index >= 15 is 0 Å². The van der Waals surface area contributed by atoms with Gasteiger partial charge in [0.15, 0.2) is 9.84 Å². The smallest absolute Gasteiger partial charge is 0.151 e. The van der Waals surface area contributed by atoms with Crippen molar-refractivity contribution in [3.63, 3.8) is 0 Å². The summed E-state index contributed by atoms with van der Waals surface area (Å²) in [6.07, 6.45) is 2.50. The van der Waals surface area contributed by atoms with Crippen LogP contribution in [0.2, 0.25) is 0 Å². The predicted octanol–water partition coefficient (Wildman–Crippen LogP) is 0.353. The highest BCUT2D eigenvalue weighted by atomic mass is 32.2. The molecule has 0 spiro atoms. The van der Waals surface area contributed by atoms with Crippen molar-refractivity contribution in [3.05, 3.63) is 0 Å². The van der Waals surface area contributed by atoms with Gasteiger partial charge in [0.05, 0.1) is 5.75 Å². The summed E-state index contributed by atoms with van der Waals surface area (Å²) in [6.45, 7) is 5.58.